The Morgan fingerprint density at radius 2 is 1.67 bits per heavy atom. The summed E-state index contributed by atoms with van der Waals surface area (Å²) in [5.74, 6) is -0.400. The number of hydrogen-bond acceptors (Lipinski definition) is 4. The Bertz CT molecular complexity index is 986. The minimum atomic E-state index is -5.69. The quantitative estimate of drug-likeness (QED) is 0.525. The van der Waals surface area contributed by atoms with E-state index in [2.05, 4.69) is 9.17 Å². The molecule has 0 radical (unpaired) electrons. The predicted molar refractivity (Wildman–Crippen MR) is 82.8 cm³/mol. The van der Waals surface area contributed by atoms with Crippen LogP contribution in [0.4, 0.5) is 13.2 Å². The molecule has 0 saturated carbocycles. The van der Waals surface area contributed by atoms with Crippen molar-refractivity contribution < 1.29 is 25.8 Å². The topological polar surface area (TPSA) is 56.3 Å². The average Bonchev–Trinajstić information content (AvgIpc) is 2.53. The number of rotatable bonds is 3. The van der Waals surface area contributed by atoms with Gasteiger partial charge in [0.15, 0.2) is 0 Å². The van der Waals surface area contributed by atoms with E-state index in [1.54, 1.807) is 30.6 Å². The zero-order valence-electron chi connectivity index (χ0n) is 12.0. The normalized spacial score (nSPS) is 12.3. The van der Waals surface area contributed by atoms with E-state index in [0.29, 0.717) is 5.39 Å². The Kier molecular flexibility index (Phi) is 3.92. The molecule has 0 unspecified atom stereocenters. The molecular weight excluding hydrogens is 343 g/mol. The molecule has 0 fully saturated rings. The van der Waals surface area contributed by atoms with Gasteiger partial charge in [-0.1, -0.05) is 24.3 Å². The molecule has 3 rings (SSSR count). The first-order chi connectivity index (χ1) is 11.3. The number of benzene rings is 2. The highest BCUT2D eigenvalue weighted by Gasteiger charge is 2.48. The van der Waals surface area contributed by atoms with Crippen molar-refractivity contribution >= 4 is 20.9 Å². The highest BCUT2D eigenvalue weighted by atomic mass is 32.2. The molecule has 0 atom stereocenters. The maximum atomic E-state index is 12.4. The molecule has 0 N–H and O–H groups in total. The van der Waals surface area contributed by atoms with Gasteiger partial charge in [0, 0.05) is 18.0 Å². The largest absolute Gasteiger partial charge is 0.534 e. The number of fused-ring (bicyclic) bond motifs is 1. The van der Waals surface area contributed by atoms with Crippen LogP contribution >= 0.6 is 0 Å². The van der Waals surface area contributed by atoms with E-state index in [1.165, 1.54) is 18.2 Å². The summed E-state index contributed by atoms with van der Waals surface area (Å²) >= 11 is 0. The second-order valence-electron chi connectivity index (χ2n) is 4.95. The Balaban J connectivity index is 2.01. The van der Waals surface area contributed by atoms with Crippen LogP contribution in [0.2, 0.25) is 0 Å². The van der Waals surface area contributed by atoms with Crippen LogP contribution in [0, 0.1) is 0 Å². The lowest BCUT2D eigenvalue weighted by molar-refractivity contribution is -0.0500. The molecule has 124 valence electrons. The maximum Gasteiger partial charge on any atom is 0.534 e. The summed E-state index contributed by atoms with van der Waals surface area (Å²) in [6.45, 7) is 0. The molecule has 0 aliphatic carbocycles. The molecule has 2 aromatic carbocycles. The number of aromatic nitrogens is 1. The van der Waals surface area contributed by atoms with Crippen LogP contribution in [0.3, 0.4) is 0 Å². The first kappa shape index (κ1) is 16.3. The molecule has 1 heterocycles. The Morgan fingerprint density at radius 3 is 2.33 bits per heavy atom. The van der Waals surface area contributed by atoms with E-state index in [9.17, 15) is 21.6 Å². The molecule has 8 heteroatoms. The number of hydrogen-bond donors (Lipinski definition) is 0. The van der Waals surface area contributed by atoms with Crippen LogP contribution in [0.5, 0.6) is 5.75 Å². The van der Waals surface area contributed by atoms with E-state index in [4.69, 9.17) is 0 Å². The van der Waals surface area contributed by atoms with Crippen LogP contribution in [-0.2, 0) is 10.1 Å². The van der Waals surface area contributed by atoms with Gasteiger partial charge < -0.3 is 4.18 Å². The Morgan fingerprint density at radius 1 is 0.917 bits per heavy atom. The summed E-state index contributed by atoms with van der Waals surface area (Å²) in [6.07, 6.45) is 3.27. The molecule has 0 saturated heterocycles. The number of pyridine rings is 1. The van der Waals surface area contributed by atoms with Crippen molar-refractivity contribution in [2.24, 2.45) is 0 Å². The standard InChI is InChI=1S/C16H10F3NO3S/c17-16(18,19)24(21,22)23-15-6-5-11-3-4-12(8-14(11)9-15)13-2-1-7-20-10-13/h1-10H. The molecule has 0 aliphatic heterocycles. The summed E-state index contributed by atoms with van der Waals surface area (Å²) in [6, 6.07) is 12.8. The fourth-order valence-corrected chi connectivity index (χ4v) is 2.62. The van der Waals surface area contributed by atoms with E-state index in [0.717, 1.165) is 16.5 Å². The molecular formula is C16H10F3NO3S. The SMILES string of the molecule is O=S(=O)(Oc1ccc2ccc(-c3cccnc3)cc2c1)C(F)(F)F. The van der Waals surface area contributed by atoms with Crippen molar-refractivity contribution in [1.29, 1.82) is 0 Å². The van der Waals surface area contributed by atoms with Gasteiger partial charge in [-0.2, -0.15) is 21.6 Å². The van der Waals surface area contributed by atoms with Gasteiger partial charge in [-0.05, 0) is 40.6 Å². The minimum Gasteiger partial charge on any atom is -0.376 e. The van der Waals surface area contributed by atoms with Crippen LogP contribution in [0.15, 0.2) is 60.9 Å². The summed E-state index contributed by atoms with van der Waals surface area (Å²) in [4.78, 5) is 4.01. The van der Waals surface area contributed by atoms with Gasteiger partial charge in [-0.25, -0.2) is 0 Å². The number of alkyl halides is 3. The monoisotopic (exact) mass is 353 g/mol. The van der Waals surface area contributed by atoms with Gasteiger partial charge in [0.2, 0.25) is 0 Å². The first-order valence-corrected chi connectivity index (χ1v) is 8.12. The maximum absolute atomic E-state index is 12.4. The molecule has 1 aromatic heterocycles. The van der Waals surface area contributed by atoms with Crippen molar-refractivity contribution in [3.05, 3.63) is 60.9 Å². The van der Waals surface area contributed by atoms with Crippen LogP contribution in [0.25, 0.3) is 21.9 Å². The number of nitrogens with zero attached hydrogens (tertiary/aromatic N) is 1. The fraction of sp³-hybridized carbons (Fsp3) is 0.0625. The van der Waals surface area contributed by atoms with E-state index >= 15 is 0 Å². The van der Waals surface area contributed by atoms with Gasteiger partial charge in [-0.3, -0.25) is 4.98 Å². The number of halogens is 3. The van der Waals surface area contributed by atoms with Crippen LogP contribution in [-0.4, -0.2) is 18.9 Å². The van der Waals surface area contributed by atoms with Crippen molar-refractivity contribution in [3.63, 3.8) is 0 Å². The zero-order valence-corrected chi connectivity index (χ0v) is 12.8. The van der Waals surface area contributed by atoms with Gasteiger partial charge in [0.05, 0.1) is 0 Å². The van der Waals surface area contributed by atoms with E-state index in [-0.39, 0.29) is 0 Å². The lowest BCUT2D eigenvalue weighted by Crippen LogP contribution is -2.28. The first-order valence-electron chi connectivity index (χ1n) is 6.71. The van der Waals surface area contributed by atoms with Crippen molar-refractivity contribution in [2.75, 3.05) is 0 Å². The highest BCUT2D eigenvalue weighted by Crippen LogP contribution is 2.30. The van der Waals surface area contributed by atoms with E-state index in [1.807, 2.05) is 12.1 Å². The third-order valence-electron chi connectivity index (χ3n) is 3.30. The Hall–Kier alpha value is -2.61. The molecule has 0 spiro atoms. The van der Waals surface area contributed by atoms with Crippen LogP contribution in [0.1, 0.15) is 0 Å². The highest BCUT2D eigenvalue weighted by molar-refractivity contribution is 7.88. The molecule has 24 heavy (non-hydrogen) atoms. The van der Waals surface area contributed by atoms with Gasteiger partial charge in [-0.15, -0.1) is 0 Å². The molecule has 0 amide bonds. The summed E-state index contributed by atoms with van der Waals surface area (Å²) in [7, 11) is -5.69. The zero-order chi connectivity index (χ0) is 17.4. The Labute approximate surface area is 135 Å². The summed E-state index contributed by atoms with van der Waals surface area (Å²) in [5.41, 5.74) is -3.85. The van der Waals surface area contributed by atoms with E-state index < -0.39 is 21.4 Å². The third kappa shape index (κ3) is 3.18. The van der Waals surface area contributed by atoms with Crippen molar-refractivity contribution in [1.82, 2.24) is 4.98 Å². The smallest absolute Gasteiger partial charge is 0.376 e. The second kappa shape index (κ2) is 5.79. The summed E-state index contributed by atoms with van der Waals surface area (Å²) < 4.78 is 63.5. The molecule has 4 nitrogen and oxygen atoms in total. The molecule has 3 aromatic rings. The molecule has 0 bridgehead atoms. The lowest BCUT2D eigenvalue weighted by Gasteiger charge is -2.10. The fourth-order valence-electron chi connectivity index (χ4n) is 2.16. The van der Waals surface area contributed by atoms with Crippen molar-refractivity contribution in [2.45, 2.75) is 5.51 Å². The van der Waals surface area contributed by atoms with Crippen LogP contribution < -0.4 is 4.18 Å². The predicted octanol–water partition coefficient (Wildman–Crippen LogP) is 4.13. The lowest BCUT2D eigenvalue weighted by atomic mass is 10.0. The van der Waals surface area contributed by atoms with Crippen molar-refractivity contribution in [3.8, 4) is 16.9 Å². The minimum absolute atomic E-state index is 0.400. The third-order valence-corrected chi connectivity index (χ3v) is 4.27. The summed E-state index contributed by atoms with van der Waals surface area (Å²) in [5, 5.41) is 1.28. The van der Waals surface area contributed by atoms with Gasteiger partial charge in [0.1, 0.15) is 5.75 Å². The average molecular weight is 353 g/mol. The van der Waals surface area contributed by atoms with Gasteiger partial charge >= 0.3 is 15.6 Å². The second-order valence-corrected chi connectivity index (χ2v) is 6.49. The van der Waals surface area contributed by atoms with Gasteiger partial charge in [0.25, 0.3) is 0 Å². The molecule has 0 aliphatic rings.